The average Bonchev–Trinajstić information content (AvgIpc) is 3.73. The van der Waals surface area contributed by atoms with Crippen LogP contribution in [0.4, 0.5) is 9.18 Å². The van der Waals surface area contributed by atoms with Gasteiger partial charge in [-0.25, -0.2) is 19.0 Å². The van der Waals surface area contributed by atoms with E-state index in [9.17, 15) is 24.3 Å². The van der Waals surface area contributed by atoms with Crippen LogP contribution in [0.1, 0.15) is 76.2 Å². The molecule has 9 rings (SSSR count). The second kappa shape index (κ2) is 13.4. The number of ether oxygens (including phenoxy) is 2. The van der Waals surface area contributed by atoms with Crippen molar-refractivity contribution >= 4 is 28.9 Å². The molecule has 56 heavy (non-hydrogen) atoms. The lowest BCUT2D eigenvalue weighted by Gasteiger charge is -2.31. The Morgan fingerprint density at radius 3 is 2.50 bits per heavy atom. The molecular weight excluding hydrogens is 717 g/mol. The Morgan fingerprint density at radius 2 is 1.80 bits per heavy atom. The first kappa shape index (κ1) is 35.8. The summed E-state index contributed by atoms with van der Waals surface area (Å²) in [6, 6.07) is 18.5. The van der Waals surface area contributed by atoms with E-state index in [0.717, 1.165) is 27.8 Å². The number of fused-ring (bicyclic) bond motifs is 8. The van der Waals surface area contributed by atoms with Crippen molar-refractivity contribution in [1.82, 2.24) is 19.8 Å². The van der Waals surface area contributed by atoms with Gasteiger partial charge in [0.15, 0.2) is 5.60 Å². The number of nitrogens with zero attached hydrogens (tertiary/aromatic N) is 3. The Labute approximate surface area is 321 Å². The predicted molar refractivity (Wildman–Crippen MR) is 204 cm³/mol. The predicted octanol–water partition coefficient (Wildman–Crippen LogP) is 4.84. The van der Waals surface area contributed by atoms with E-state index < -0.39 is 41.0 Å². The fourth-order valence-corrected chi connectivity index (χ4v) is 9.19. The lowest BCUT2D eigenvalue weighted by molar-refractivity contribution is -0.172. The van der Waals surface area contributed by atoms with Gasteiger partial charge in [0.2, 0.25) is 5.91 Å². The smallest absolute Gasteiger partial charge is 0.410 e. The number of hydrogen-bond acceptors (Lipinski definition) is 9. The van der Waals surface area contributed by atoms with Gasteiger partial charge in [-0.15, -0.1) is 0 Å². The number of hydrogen-bond donors (Lipinski definition) is 3. The molecule has 0 saturated heterocycles. The Kier molecular flexibility index (Phi) is 8.55. The molecule has 4 N–H and O–H groups in total. The van der Waals surface area contributed by atoms with E-state index in [4.69, 9.17) is 20.2 Å². The molecule has 2 aliphatic heterocycles. The second-order valence-corrected chi connectivity index (χ2v) is 15.0. The number of benzene rings is 3. The maximum atomic E-state index is 15.4. The molecule has 5 aromatic rings. The second-order valence-electron chi connectivity index (χ2n) is 15.0. The van der Waals surface area contributed by atoms with E-state index >= 15 is 4.39 Å². The SMILES string of the molecule is CC[C@@]1(O)C(=O)OCc2c1cc1n(c2=O)Cc2c-1nc1cc(F)c(C)c3c1c2[C@@H](NC(=O)CN(CCN)C(=O)OCC1c2ccccc2-c2ccccc21)CC3. The highest BCUT2D eigenvalue weighted by molar-refractivity contribution is 5.94. The zero-order chi connectivity index (χ0) is 39.0. The highest BCUT2D eigenvalue weighted by Crippen LogP contribution is 2.47. The van der Waals surface area contributed by atoms with Crippen LogP contribution in [-0.2, 0) is 44.2 Å². The summed E-state index contributed by atoms with van der Waals surface area (Å²) < 4.78 is 28.0. The molecule has 4 aliphatic rings. The van der Waals surface area contributed by atoms with Crippen molar-refractivity contribution < 1.29 is 33.4 Å². The summed E-state index contributed by atoms with van der Waals surface area (Å²) in [5.74, 6) is -1.84. The number of carbonyl (C=O) groups is 3. The Hall–Kier alpha value is -5.92. The first-order valence-corrected chi connectivity index (χ1v) is 18.9. The van der Waals surface area contributed by atoms with Crippen molar-refractivity contribution in [2.75, 3.05) is 26.2 Å². The van der Waals surface area contributed by atoms with Gasteiger partial charge in [-0.05, 0) is 71.2 Å². The van der Waals surface area contributed by atoms with Gasteiger partial charge in [-0.3, -0.25) is 14.5 Å². The first-order chi connectivity index (χ1) is 27.0. The summed E-state index contributed by atoms with van der Waals surface area (Å²) in [6.45, 7) is 3.15. The molecule has 13 heteroatoms. The number of amides is 2. The first-order valence-electron chi connectivity index (χ1n) is 18.9. The van der Waals surface area contributed by atoms with Gasteiger partial charge in [0.05, 0.1) is 35.1 Å². The van der Waals surface area contributed by atoms with Gasteiger partial charge in [-0.2, -0.15) is 0 Å². The Morgan fingerprint density at radius 1 is 1.09 bits per heavy atom. The maximum Gasteiger partial charge on any atom is 0.410 e. The van der Waals surface area contributed by atoms with Gasteiger partial charge in [0.1, 0.15) is 25.6 Å². The van der Waals surface area contributed by atoms with Crippen LogP contribution in [0, 0.1) is 12.7 Å². The third-order valence-corrected chi connectivity index (χ3v) is 12.0. The van der Waals surface area contributed by atoms with Gasteiger partial charge >= 0.3 is 12.1 Å². The monoisotopic (exact) mass is 757 g/mol. The summed E-state index contributed by atoms with van der Waals surface area (Å²) in [5, 5.41) is 15.2. The average molecular weight is 758 g/mol. The molecule has 2 aliphatic carbocycles. The molecule has 0 saturated carbocycles. The van der Waals surface area contributed by atoms with Crippen LogP contribution >= 0.6 is 0 Å². The third kappa shape index (κ3) is 5.35. The number of nitrogens with one attached hydrogen (secondary N) is 1. The zero-order valence-corrected chi connectivity index (χ0v) is 31.0. The van der Waals surface area contributed by atoms with E-state index in [0.29, 0.717) is 51.8 Å². The normalized spacial score (nSPS) is 18.7. The number of halogens is 1. The molecule has 4 heterocycles. The van der Waals surface area contributed by atoms with Gasteiger partial charge in [0, 0.05) is 41.6 Å². The van der Waals surface area contributed by atoms with Gasteiger partial charge < -0.3 is 30.2 Å². The molecule has 0 radical (unpaired) electrons. The van der Waals surface area contributed by atoms with Crippen LogP contribution in [0.3, 0.4) is 0 Å². The van der Waals surface area contributed by atoms with Crippen molar-refractivity contribution in [1.29, 1.82) is 0 Å². The summed E-state index contributed by atoms with van der Waals surface area (Å²) in [7, 11) is 0. The van der Waals surface area contributed by atoms with Crippen molar-refractivity contribution in [2.45, 2.75) is 63.8 Å². The number of pyridine rings is 2. The molecule has 2 aromatic heterocycles. The lowest BCUT2D eigenvalue weighted by atomic mass is 9.81. The highest BCUT2D eigenvalue weighted by atomic mass is 19.1. The van der Waals surface area contributed by atoms with Crippen molar-refractivity contribution in [3.8, 4) is 22.5 Å². The number of nitrogens with two attached hydrogens (primary N) is 1. The van der Waals surface area contributed by atoms with Gasteiger partial charge in [0.25, 0.3) is 5.56 Å². The third-order valence-electron chi connectivity index (χ3n) is 12.0. The lowest BCUT2D eigenvalue weighted by Crippen LogP contribution is -2.44. The zero-order valence-electron chi connectivity index (χ0n) is 31.0. The molecule has 2 amide bonds. The van der Waals surface area contributed by atoms with E-state index in [-0.39, 0.29) is 62.9 Å². The van der Waals surface area contributed by atoms with Crippen LogP contribution in [0.5, 0.6) is 0 Å². The molecule has 0 fully saturated rings. The Bertz CT molecular complexity index is 2540. The van der Waals surface area contributed by atoms with Crippen LogP contribution in [0.25, 0.3) is 33.4 Å². The summed E-state index contributed by atoms with van der Waals surface area (Å²) in [4.78, 5) is 60.4. The molecule has 0 spiro atoms. The number of aryl methyl sites for hydroxylation is 1. The number of carbonyl (C=O) groups excluding carboxylic acids is 3. The molecule has 0 unspecified atom stereocenters. The van der Waals surface area contributed by atoms with Crippen molar-refractivity contribution in [3.63, 3.8) is 0 Å². The van der Waals surface area contributed by atoms with Crippen LogP contribution in [0.15, 0.2) is 65.5 Å². The van der Waals surface area contributed by atoms with E-state index in [1.807, 2.05) is 36.4 Å². The number of esters is 1. The van der Waals surface area contributed by atoms with Crippen molar-refractivity contribution in [2.24, 2.45) is 5.73 Å². The minimum absolute atomic E-state index is 0.00977. The summed E-state index contributed by atoms with van der Waals surface area (Å²) in [5.41, 5.74) is 12.0. The van der Waals surface area contributed by atoms with E-state index in [2.05, 4.69) is 17.4 Å². The quantitative estimate of drug-likeness (QED) is 0.184. The minimum atomic E-state index is -2.01. The highest BCUT2D eigenvalue weighted by Gasteiger charge is 2.46. The van der Waals surface area contributed by atoms with E-state index in [1.165, 1.54) is 15.5 Å². The minimum Gasteiger partial charge on any atom is -0.458 e. The molecule has 2 atom stereocenters. The van der Waals surface area contributed by atoms with Crippen molar-refractivity contribution in [3.05, 3.63) is 121 Å². The van der Waals surface area contributed by atoms with Crippen LogP contribution in [-0.4, -0.2) is 63.8 Å². The summed E-state index contributed by atoms with van der Waals surface area (Å²) in [6.07, 6.45) is 0.218. The molecule has 3 aromatic carbocycles. The number of aliphatic hydroxyl groups is 1. The fraction of sp³-hybridized carbons (Fsp3) is 0.326. The molecule has 0 bridgehead atoms. The van der Waals surface area contributed by atoms with Gasteiger partial charge in [-0.1, -0.05) is 55.5 Å². The maximum absolute atomic E-state index is 15.4. The number of cyclic esters (lactones) is 1. The topological polar surface area (TPSA) is 166 Å². The Balaban J connectivity index is 1.02. The van der Waals surface area contributed by atoms with E-state index in [1.54, 1.807) is 19.9 Å². The molecule has 12 nitrogen and oxygen atoms in total. The number of aromatic nitrogens is 2. The number of rotatable bonds is 8. The molecule has 286 valence electrons. The summed E-state index contributed by atoms with van der Waals surface area (Å²) >= 11 is 0. The van der Waals surface area contributed by atoms with Crippen LogP contribution < -0.4 is 16.6 Å². The fourth-order valence-electron chi connectivity index (χ4n) is 9.19. The van der Waals surface area contributed by atoms with Crippen LogP contribution in [0.2, 0.25) is 0 Å². The molecular formula is C43H40FN5O7. The largest absolute Gasteiger partial charge is 0.458 e. The standard InChI is InChI=1S/C43H40FN5O7/c1-3-43(54)31-16-35-39-28(18-49(35)40(51)30(31)21-55-41(43)52)38-33(13-12-23-22(2)32(44)17-34(47-39)37(23)38)46-36(50)19-48(15-14-45)42(53)56-20-29-26-10-6-4-8-24(26)25-9-5-7-11-27(25)29/h4-11,16-17,29,33,54H,3,12-15,18-21,45H2,1-2H3,(H,46,50)/t33-,43-/m0/s1.